The number of anilines is 1. The molecule has 0 aromatic heterocycles. The normalized spacial score (nSPS) is 21.9. The Balaban J connectivity index is 1.64. The van der Waals surface area contributed by atoms with Gasteiger partial charge in [0.15, 0.2) is 0 Å². The Labute approximate surface area is 174 Å². The second-order valence-corrected chi connectivity index (χ2v) is 7.99. The van der Waals surface area contributed by atoms with E-state index in [2.05, 4.69) is 47.8 Å². The lowest BCUT2D eigenvalue weighted by Gasteiger charge is -2.38. The van der Waals surface area contributed by atoms with E-state index >= 15 is 0 Å². The first-order valence-electron chi connectivity index (χ1n) is 9.69. The zero-order valence-corrected chi connectivity index (χ0v) is 16.3. The van der Waals surface area contributed by atoms with Crippen LogP contribution in [0.25, 0.3) is 11.1 Å². The number of nitrogens with one attached hydrogen (secondary N) is 1. The maximum Gasteiger partial charge on any atom is 0.288 e. The molecule has 0 spiro atoms. The minimum Gasteiger partial charge on any atom is -0.377 e. The van der Waals surface area contributed by atoms with Gasteiger partial charge in [-0.05, 0) is 35.1 Å². The largest absolute Gasteiger partial charge is 0.377 e. The Bertz CT molecular complexity index is 1130. The number of allylic oxidation sites excluding steroid dienone is 2. The van der Waals surface area contributed by atoms with E-state index in [-0.39, 0.29) is 22.7 Å². The van der Waals surface area contributed by atoms with Crippen molar-refractivity contribution in [3.63, 3.8) is 0 Å². The molecule has 29 heavy (non-hydrogen) atoms. The molecule has 0 saturated heterocycles. The van der Waals surface area contributed by atoms with Crippen LogP contribution in [0.15, 0.2) is 78.9 Å². The molecule has 1 aliphatic carbocycles. The molecule has 1 aliphatic heterocycles. The van der Waals surface area contributed by atoms with E-state index in [1.165, 1.54) is 5.56 Å². The second-order valence-electron chi connectivity index (χ2n) is 7.58. The molecule has 4 nitrogen and oxygen atoms in total. The molecular weight excluding hydrogens is 384 g/mol. The lowest BCUT2D eigenvalue weighted by Crippen LogP contribution is -2.29. The van der Waals surface area contributed by atoms with Gasteiger partial charge in [-0.1, -0.05) is 78.4 Å². The van der Waals surface area contributed by atoms with Crippen LogP contribution in [0.2, 0.25) is 5.02 Å². The quantitative estimate of drug-likeness (QED) is 0.300. The van der Waals surface area contributed by atoms with Gasteiger partial charge in [0.2, 0.25) is 0 Å². The number of hydrogen-bond donors (Lipinski definition) is 1. The third-order valence-electron chi connectivity index (χ3n) is 6.01. The van der Waals surface area contributed by atoms with Gasteiger partial charge in [0, 0.05) is 23.2 Å². The highest BCUT2D eigenvalue weighted by molar-refractivity contribution is 6.32. The molecule has 0 bridgehead atoms. The lowest BCUT2D eigenvalue weighted by molar-refractivity contribution is -0.384. The van der Waals surface area contributed by atoms with E-state index in [0.29, 0.717) is 5.92 Å². The SMILES string of the molecule is O=[N+]([O-])c1cc([C@@H]2Nc3c(-c4ccccc4)cccc3[C@H]3C=CC[C@@H]32)ccc1Cl. The first kappa shape index (κ1) is 18.0. The van der Waals surface area contributed by atoms with Crippen LogP contribution in [0.3, 0.4) is 0 Å². The molecule has 1 N–H and O–H groups in total. The topological polar surface area (TPSA) is 55.2 Å². The van der Waals surface area contributed by atoms with Gasteiger partial charge in [-0.25, -0.2) is 0 Å². The fraction of sp³-hybridized carbons (Fsp3) is 0.167. The minimum absolute atomic E-state index is 0.0247. The number of halogens is 1. The predicted molar refractivity (Wildman–Crippen MR) is 116 cm³/mol. The third kappa shape index (κ3) is 3.00. The summed E-state index contributed by atoms with van der Waals surface area (Å²) in [5, 5.41) is 15.3. The summed E-state index contributed by atoms with van der Waals surface area (Å²) in [5.74, 6) is 0.601. The van der Waals surface area contributed by atoms with Gasteiger partial charge in [-0.3, -0.25) is 10.1 Å². The molecule has 5 heteroatoms. The number of para-hydroxylation sites is 1. The van der Waals surface area contributed by atoms with Gasteiger partial charge >= 0.3 is 0 Å². The summed E-state index contributed by atoms with van der Waals surface area (Å²) in [6.45, 7) is 0. The maximum atomic E-state index is 11.4. The molecule has 144 valence electrons. The van der Waals surface area contributed by atoms with Crippen LogP contribution < -0.4 is 5.32 Å². The summed E-state index contributed by atoms with van der Waals surface area (Å²) < 4.78 is 0. The lowest BCUT2D eigenvalue weighted by atomic mass is 9.76. The van der Waals surface area contributed by atoms with E-state index in [1.54, 1.807) is 12.1 Å². The second kappa shape index (κ2) is 7.05. The molecule has 3 atom stereocenters. The van der Waals surface area contributed by atoms with E-state index in [4.69, 9.17) is 11.6 Å². The Morgan fingerprint density at radius 3 is 2.66 bits per heavy atom. The van der Waals surface area contributed by atoms with Gasteiger partial charge < -0.3 is 5.32 Å². The number of benzene rings is 3. The molecule has 0 unspecified atom stereocenters. The van der Waals surface area contributed by atoms with E-state index in [1.807, 2.05) is 24.3 Å². The molecular formula is C24H19ClN2O2. The Kier molecular flexibility index (Phi) is 4.36. The summed E-state index contributed by atoms with van der Waals surface area (Å²) in [4.78, 5) is 11.0. The fourth-order valence-electron chi connectivity index (χ4n) is 4.67. The van der Waals surface area contributed by atoms with Gasteiger partial charge in [0.25, 0.3) is 5.69 Å². The van der Waals surface area contributed by atoms with Crippen molar-refractivity contribution in [1.29, 1.82) is 0 Å². The number of nitro groups is 1. The molecule has 5 rings (SSSR count). The van der Waals surface area contributed by atoms with Crippen LogP contribution in [-0.4, -0.2) is 4.92 Å². The summed E-state index contributed by atoms with van der Waals surface area (Å²) in [5.41, 5.74) is 5.54. The zero-order valence-electron chi connectivity index (χ0n) is 15.6. The number of nitro benzene ring substituents is 1. The van der Waals surface area contributed by atoms with E-state index < -0.39 is 4.92 Å². The van der Waals surface area contributed by atoms with Gasteiger partial charge in [-0.15, -0.1) is 0 Å². The van der Waals surface area contributed by atoms with Crippen molar-refractivity contribution in [2.45, 2.75) is 18.4 Å². The first-order valence-corrected chi connectivity index (χ1v) is 10.1. The standard InChI is InChI=1S/C24H19ClN2O2/c25-21-13-12-16(14-22(21)27(28)29)23-19-10-5-9-18(19)20-11-4-8-17(24(20)26-23)15-6-2-1-3-7-15/h1-9,11-14,18-19,23,26H,10H2/t18-,19-,23-/m0/s1. The molecule has 0 saturated carbocycles. The van der Waals surface area contributed by atoms with Crippen LogP contribution >= 0.6 is 11.6 Å². The molecule has 0 fully saturated rings. The Morgan fingerprint density at radius 1 is 1.03 bits per heavy atom. The summed E-state index contributed by atoms with van der Waals surface area (Å²) in [6.07, 6.45) is 5.43. The molecule has 0 radical (unpaired) electrons. The highest BCUT2D eigenvalue weighted by Crippen LogP contribution is 2.52. The van der Waals surface area contributed by atoms with E-state index in [0.717, 1.165) is 28.8 Å². The summed E-state index contributed by atoms with van der Waals surface area (Å²) in [6, 6.07) is 21.8. The van der Waals surface area contributed by atoms with Crippen molar-refractivity contribution >= 4 is 23.0 Å². The monoisotopic (exact) mass is 402 g/mol. The highest BCUT2D eigenvalue weighted by Gasteiger charge is 2.39. The minimum atomic E-state index is -0.414. The van der Waals surface area contributed by atoms with Crippen molar-refractivity contribution in [3.05, 3.63) is 105 Å². The molecule has 1 heterocycles. The van der Waals surface area contributed by atoms with Crippen molar-refractivity contribution in [3.8, 4) is 11.1 Å². The van der Waals surface area contributed by atoms with Crippen molar-refractivity contribution in [1.82, 2.24) is 0 Å². The van der Waals surface area contributed by atoms with Crippen LogP contribution in [0, 0.1) is 16.0 Å². The number of fused-ring (bicyclic) bond motifs is 3. The van der Waals surface area contributed by atoms with Gasteiger partial charge in [-0.2, -0.15) is 0 Å². The Morgan fingerprint density at radius 2 is 1.86 bits per heavy atom. The molecule has 0 amide bonds. The molecule has 3 aromatic carbocycles. The van der Waals surface area contributed by atoms with Crippen LogP contribution in [-0.2, 0) is 0 Å². The zero-order chi connectivity index (χ0) is 20.0. The van der Waals surface area contributed by atoms with Gasteiger partial charge in [0.1, 0.15) is 5.02 Å². The smallest absolute Gasteiger partial charge is 0.288 e. The third-order valence-corrected chi connectivity index (χ3v) is 6.33. The molecule has 3 aromatic rings. The summed E-state index contributed by atoms with van der Waals surface area (Å²) >= 11 is 6.05. The number of rotatable bonds is 3. The maximum absolute atomic E-state index is 11.4. The van der Waals surface area contributed by atoms with Crippen molar-refractivity contribution in [2.75, 3.05) is 5.32 Å². The van der Waals surface area contributed by atoms with Crippen LogP contribution in [0.1, 0.15) is 29.5 Å². The number of hydrogen-bond acceptors (Lipinski definition) is 3. The average Bonchev–Trinajstić information content (AvgIpc) is 3.24. The van der Waals surface area contributed by atoms with Crippen molar-refractivity contribution in [2.24, 2.45) is 5.92 Å². The van der Waals surface area contributed by atoms with Crippen molar-refractivity contribution < 1.29 is 4.92 Å². The fourth-order valence-corrected chi connectivity index (χ4v) is 4.86. The van der Waals surface area contributed by atoms with E-state index in [9.17, 15) is 10.1 Å². The number of nitrogens with zero attached hydrogens (tertiary/aromatic N) is 1. The van der Waals surface area contributed by atoms with Gasteiger partial charge in [0.05, 0.1) is 11.0 Å². The predicted octanol–water partition coefficient (Wildman–Crippen LogP) is 6.74. The highest BCUT2D eigenvalue weighted by atomic mass is 35.5. The van der Waals surface area contributed by atoms with Crippen LogP contribution in [0.5, 0.6) is 0 Å². The molecule has 2 aliphatic rings. The first-order chi connectivity index (χ1) is 14.1. The Hall–Kier alpha value is -3.11. The summed E-state index contributed by atoms with van der Waals surface area (Å²) in [7, 11) is 0. The van der Waals surface area contributed by atoms with Crippen LogP contribution in [0.4, 0.5) is 11.4 Å². The average molecular weight is 403 g/mol.